The fraction of sp³-hybridized carbons (Fsp3) is 0.800. The van der Waals surface area contributed by atoms with Gasteiger partial charge in [0.15, 0.2) is 0 Å². The van der Waals surface area contributed by atoms with Crippen molar-refractivity contribution in [2.24, 2.45) is 11.0 Å². The normalized spacial score (nSPS) is 11.1. The van der Waals surface area contributed by atoms with Crippen molar-refractivity contribution >= 4 is 12.1 Å². The first-order valence-electron chi connectivity index (χ1n) is 4.98. The molecular formula is C10H20N2O. The molecule has 3 nitrogen and oxygen atoms in total. The van der Waals surface area contributed by atoms with Gasteiger partial charge in [-0.1, -0.05) is 33.6 Å². The van der Waals surface area contributed by atoms with E-state index in [4.69, 9.17) is 0 Å². The van der Waals surface area contributed by atoms with Crippen LogP contribution in [0.2, 0.25) is 0 Å². The first-order chi connectivity index (χ1) is 6.16. The number of hydrogen-bond donors (Lipinski definition) is 1. The highest BCUT2D eigenvalue weighted by atomic mass is 16.2. The van der Waals surface area contributed by atoms with Gasteiger partial charge in [0.1, 0.15) is 0 Å². The number of unbranched alkanes of at least 4 members (excludes halogenated alkanes) is 2. The van der Waals surface area contributed by atoms with Gasteiger partial charge in [0.25, 0.3) is 0 Å². The Kier molecular flexibility index (Phi) is 7.26. The van der Waals surface area contributed by atoms with Crippen LogP contribution in [0.1, 0.15) is 46.5 Å². The maximum Gasteiger partial charge on any atom is 0.240 e. The van der Waals surface area contributed by atoms with Crippen molar-refractivity contribution in [3.05, 3.63) is 0 Å². The predicted molar refractivity (Wildman–Crippen MR) is 55.6 cm³/mol. The lowest BCUT2D eigenvalue weighted by Gasteiger charge is -1.99. The third-order valence-corrected chi connectivity index (χ3v) is 1.57. The summed E-state index contributed by atoms with van der Waals surface area (Å²) in [5.74, 6) is 0.404. The molecule has 0 aliphatic carbocycles. The molecule has 1 N–H and O–H groups in total. The van der Waals surface area contributed by atoms with E-state index >= 15 is 0 Å². The van der Waals surface area contributed by atoms with Gasteiger partial charge in [-0.15, -0.1) is 0 Å². The standard InChI is InChI=1S/C10H20N2O/c1-4-5-6-7-10(13)12-11-8-9(2)3/h8-9H,4-7H2,1-3H3,(H,12,13). The Morgan fingerprint density at radius 2 is 2.15 bits per heavy atom. The van der Waals surface area contributed by atoms with Crippen molar-refractivity contribution in [2.75, 3.05) is 0 Å². The van der Waals surface area contributed by atoms with Crippen molar-refractivity contribution in [1.82, 2.24) is 5.43 Å². The van der Waals surface area contributed by atoms with Crippen molar-refractivity contribution in [2.45, 2.75) is 46.5 Å². The van der Waals surface area contributed by atoms with E-state index in [0.29, 0.717) is 12.3 Å². The monoisotopic (exact) mass is 184 g/mol. The van der Waals surface area contributed by atoms with Crippen LogP contribution in [0.5, 0.6) is 0 Å². The molecule has 0 spiro atoms. The highest BCUT2D eigenvalue weighted by Gasteiger charge is 1.97. The second-order valence-electron chi connectivity index (χ2n) is 3.51. The van der Waals surface area contributed by atoms with E-state index in [1.807, 2.05) is 13.8 Å². The zero-order valence-electron chi connectivity index (χ0n) is 8.84. The van der Waals surface area contributed by atoms with E-state index in [1.165, 1.54) is 0 Å². The quantitative estimate of drug-likeness (QED) is 0.384. The van der Waals surface area contributed by atoms with Crippen molar-refractivity contribution < 1.29 is 4.79 Å². The van der Waals surface area contributed by atoms with Gasteiger partial charge in [-0.3, -0.25) is 4.79 Å². The minimum Gasteiger partial charge on any atom is -0.273 e. The van der Waals surface area contributed by atoms with E-state index in [2.05, 4.69) is 17.5 Å². The van der Waals surface area contributed by atoms with Crippen LogP contribution in [0.25, 0.3) is 0 Å². The molecular weight excluding hydrogens is 164 g/mol. The van der Waals surface area contributed by atoms with E-state index < -0.39 is 0 Å². The molecule has 0 aromatic heterocycles. The summed E-state index contributed by atoms with van der Waals surface area (Å²) in [6.07, 6.45) is 5.53. The van der Waals surface area contributed by atoms with Gasteiger partial charge in [-0.2, -0.15) is 5.10 Å². The number of rotatable bonds is 6. The molecule has 3 heteroatoms. The molecule has 0 aromatic carbocycles. The first-order valence-corrected chi connectivity index (χ1v) is 4.98. The lowest BCUT2D eigenvalue weighted by Crippen LogP contribution is -2.17. The van der Waals surface area contributed by atoms with E-state index in [-0.39, 0.29) is 5.91 Å². The Bertz CT molecular complexity index is 164. The number of hydrazone groups is 1. The molecule has 13 heavy (non-hydrogen) atoms. The third-order valence-electron chi connectivity index (χ3n) is 1.57. The van der Waals surface area contributed by atoms with Crippen LogP contribution in [-0.4, -0.2) is 12.1 Å². The summed E-state index contributed by atoms with van der Waals surface area (Å²) in [6, 6.07) is 0. The van der Waals surface area contributed by atoms with Gasteiger partial charge in [-0.25, -0.2) is 5.43 Å². The van der Waals surface area contributed by atoms with Gasteiger partial charge >= 0.3 is 0 Å². The average molecular weight is 184 g/mol. The Morgan fingerprint density at radius 1 is 1.46 bits per heavy atom. The second kappa shape index (κ2) is 7.77. The molecule has 0 fully saturated rings. The molecule has 0 aliphatic heterocycles. The minimum atomic E-state index is 0.0188. The number of hydrogen-bond acceptors (Lipinski definition) is 2. The fourth-order valence-corrected chi connectivity index (χ4v) is 0.850. The third kappa shape index (κ3) is 9.05. The molecule has 0 rings (SSSR count). The maximum absolute atomic E-state index is 11.1. The molecule has 0 saturated carbocycles. The molecule has 1 amide bonds. The first kappa shape index (κ1) is 12.1. The van der Waals surface area contributed by atoms with Crippen molar-refractivity contribution in [3.8, 4) is 0 Å². The smallest absolute Gasteiger partial charge is 0.240 e. The highest BCUT2D eigenvalue weighted by Crippen LogP contribution is 1.97. The summed E-state index contributed by atoms with van der Waals surface area (Å²) in [4.78, 5) is 11.1. The number of carbonyl (C=O) groups excluding carboxylic acids is 1. The van der Waals surface area contributed by atoms with Gasteiger partial charge in [-0.05, 0) is 12.3 Å². The van der Waals surface area contributed by atoms with Crippen LogP contribution in [0, 0.1) is 5.92 Å². The largest absolute Gasteiger partial charge is 0.273 e. The Labute approximate surface area is 80.6 Å². The summed E-state index contributed by atoms with van der Waals surface area (Å²) in [5, 5.41) is 3.82. The van der Waals surface area contributed by atoms with Crippen LogP contribution in [-0.2, 0) is 4.79 Å². The number of nitrogens with zero attached hydrogens (tertiary/aromatic N) is 1. The van der Waals surface area contributed by atoms with Gasteiger partial charge < -0.3 is 0 Å². The summed E-state index contributed by atoms with van der Waals surface area (Å²) < 4.78 is 0. The lowest BCUT2D eigenvalue weighted by molar-refractivity contribution is -0.121. The predicted octanol–water partition coefficient (Wildman–Crippen LogP) is 2.32. The van der Waals surface area contributed by atoms with E-state index in [0.717, 1.165) is 19.3 Å². The maximum atomic E-state index is 11.1. The van der Waals surface area contributed by atoms with Crippen LogP contribution < -0.4 is 5.43 Å². The summed E-state index contributed by atoms with van der Waals surface area (Å²) in [5.41, 5.74) is 2.50. The number of nitrogens with one attached hydrogen (secondary N) is 1. The van der Waals surface area contributed by atoms with Crippen LogP contribution in [0.15, 0.2) is 5.10 Å². The van der Waals surface area contributed by atoms with Gasteiger partial charge in [0.2, 0.25) is 5.91 Å². The molecule has 76 valence electrons. The number of carbonyl (C=O) groups is 1. The Balaban J connectivity index is 3.40. The second-order valence-corrected chi connectivity index (χ2v) is 3.51. The molecule has 0 bridgehead atoms. The topological polar surface area (TPSA) is 41.5 Å². The summed E-state index contributed by atoms with van der Waals surface area (Å²) in [6.45, 7) is 6.16. The Morgan fingerprint density at radius 3 is 2.69 bits per heavy atom. The average Bonchev–Trinajstić information content (AvgIpc) is 2.04. The van der Waals surface area contributed by atoms with E-state index in [1.54, 1.807) is 6.21 Å². The summed E-state index contributed by atoms with van der Waals surface area (Å²) in [7, 11) is 0. The Hall–Kier alpha value is -0.860. The van der Waals surface area contributed by atoms with Gasteiger partial charge in [0.05, 0.1) is 0 Å². The molecule has 0 atom stereocenters. The molecule has 0 heterocycles. The van der Waals surface area contributed by atoms with E-state index in [9.17, 15) is 4.79 Å². The number of amides is 1. The van der Waals surface area contributed by atoms with Crippen LogP contribution >= 0.6 is 0 Å². The molecule has 0 unspecified atom stereocenters. The highest BCUT2D eigenvalue weighted by molar-refractivity contribution is 5.76. The van der Waals surface area contributed by atoms with Gasteiger partial charge in [0, 0.05) is 12.6 Å². The molecule has 0 aromatic rings. The van der Waals surface area contributed by atoms with Crippen LogP contribution in [0.4, 0.5) is 0 Å². The lowest BCUT2D eigenvalue weighted by atomic mass is 10.2. The molecule has 0 aliphatic rings. The van der Waals surface area contributed by atoms with Crippen LogP contribution in [0.3, 0.4) is 0 Å². The van der Waals surface area contributed by atoms with Crippen molar-refractivity contribution in [1.29, 1.82) is 0 Å². The van der Waals surface area contributed by atoms with Crippen molar-refractivity contribution in [3.63, 3.8) is 0 Å². The summed E-state index contributed by atoms with van der Waals surface area (Å²) >= 11 is 0. The fourth-order valence-electron chi connectivity index (χ4n) is 0.850. The minimum absolute atomic E-state index is 0.0188. The SMILES string of the molecule is CCCCCC(=O)NN=CC(C)C. The zero-order chi connectivity index (χ0) is 10.1. The molecule has 0 saturated heterocycles. The zero-order valence-corrected chi connectivity index (χ0v) is 8.84. The molecule has 0 radical (unpaired) electrons.